The second-order valence-electron chi connectivity index (χ2n) is 23.1. The Morgan fingerprint density at radius 2 is 0.693 bits per heavy atom. The van der Waals surface area contributed by atoms with Gasteiger partial charge >= 0.3 is 0 Å². The summed E-state index contributed by atoms with van der Waals surface area (Å²) in [4.78, 5) is 2.34. The van der Waals surface area contributed by atoms with Crippen LogP contribution in [0.2, 0.25) is 0 Å². The number of rotatable bonds is 11. The molecule has 0 radical (unpaired) electrons. The van der Waals surface area contributed by atoms with Gasteiger partial charge in [0, 0.05) is 59.3 Å². The maximum Gasteiger partial charge on any atom is 0.0713 e. The Hall–Kier alpha value is -11.1. The van der Waals surface area contributed by atoms with Crippen LogP contribution >= 0.6 is 11.3 Å². The normalized spacial score (nSPS) is 12.4. The quantitative estimate of drug-likeness (QED) is 0.125. The molecule has 1 aliphatic carbocycles. The summed E-state index contributed by atoms with van der Waals surface area (Å²) in [6.45, 7) is 0. The van der Waals surface area contributed by atoms with Crippen molar-refractivity contribution in [3.63, 3.8) is 0 Å². The van der Waals surface area contributed by atoms with Crippen molar-refractivity contribution in [2.24, 2.45) is 0 Å². The second kappa shape index (κ2) is 21.1. The fraction of sp³-hybridized carbons (Fsp3) is 0.0118. The smallest absolute Gasteiger partial charge is 0.0713 e. The van der Waals surface area contributed by atoms with E-state index in [9.17, 15) is 0 Å². The van der Waals surface area contributed by atoms with E-state index in [1.54, 1.807) is 0 Å². The molecule has 1 aliphatic rings. The highest BCUT2D eigenvalue weighted by Gasteiger charge is 2.46. The van der Waals surface area contributed by atoms with Gasteiger partial charge in [0.25, 0.3) is 0 Å². The van der Waals surface area contributed by atoms with Crippen LogP contribution < -0.4 is 4.90 Å². The number of hydrogen-bond acceptors (Lipinski definition) is 2. The van der Waals surface area contributed by atoms with E-state index in [0.29, 0.717) is 0 Å². The third-order valence-electron chi connectivity index (χ3n) is 18.3. The molecule has 17 rings (SSSR count). The molecule has 0 spiro atoms. The van der Waals surface area contributed by atoms with Crippen LogP contribution in [0, 0.1) is 0 Å². The Labute approximate surface area is 516 Å². The van der Waals surface area contributed by atoms with E-state index in [-0.39, 0.29) is 0 Å². The van der Waals surface area contributed by atoms with E-state index in [1.807, 2.05) is 11.3 Å². The van der Waals surface area contributed by atoms with Gasteiger partial charge in [-0.15, -0.1) is 11.3 Å². The molecule has 412 valence electrons. The molecule has 0 amide bonds. The first-order chi connectivity index (χ1) is 43.6. The molecular weight excluding hydrogens is 1080 g/mol. The molecule has 3 heteroatoms. The van der Waals surface area contributed by atoms with Crippen molar-refractivity contribution in [1.29, 1.82) is 0 Å². The summed E-state index contributed by atoms with van der Waals surface area (Å²) in [7, 11) is 0. The monoisotopic (exact) mass is 1140 g/mol. The number of benzene rings is 14. The molecule has 0 fully saturated rings. The predicted molar refractivity (Wildman–Crippen MR) is 373 cm³/mol. The summed E-state index contributed by atoms with van der Waals surface area (Å²) < 4.78 is 5.05. The number of nitrogens with zero attached hydrogens (tertiary/aromatic N) is 2. The van der Waals surface area contributed by atoms with Gasteiger partial charge in [-0.25, -0.2) is 0 Å². The van der Waals surface area contributed by atoms with E-state index in [4.69, 9.17) is 0 Å². The highest BCUT2D eigenvalue weighted by Crippen LogP contribution is 2.57. The van der Waals surface area contributed by atoms with Gasteiger partial charge < -0.3 is 9.47 Å². The van der Waals surface area contributed by atoms with Crippen molar-refractivity contribution in [2.75, 3.05) is 4.90 Å². The van der Waals surface area contributed by atoms with Crippen molar-refractivity contribution in [2.45, 2.75) is 5.41 Å². The third kappa shape index (κ3) is 8.38. The lowest BCUT2D eigenvalue weighted by Crippen LogP contribution is -2.28. The summed E-state index contributed by atoms with van der Waals surface area (Å²) in [5.74, 6) is 0. The van der Waals surface area contributed by atoms with Gasteiger partial charge in [-0.3, -0.25) is 0 Å². The average Bonchev–Trinajstić information content (AvgIpc) is 1.57. The van der Waals surface area contributed by atoms with E-state index in [2.05, 4.69) is 349 Å². The second-order valence-corrected chi connectivity index (χ2v) is 24.1. The highest BCUT2D eigenvalue weighted by atomic mass is 32.1. The molecule has 14 aromatic carbocycles. The summed E-state index contributed by atoms with van der Waals surface area (Å²) >= 11 is 1.89. The molecule has 16 aromatic rings. The van der Waals surface area contributed by atoms with E-state index in [0.717, 1.165) is 28.3 Å². The molecule has 0 aliphatic heterocycles. The maximum absolute atomic E-state index is 2.46. The molecule has 0 saturated heterocycles. The minimum Gasteiger partial charge on any atom is -0.311 e. The molecular formula is C85H56N2S. The van der Waals surface area contributed by atoms with Crippen molar-refractivity contribution in [3.05, 3.63) is 362 Å². The van der Waals surface area contributed by atoms with Crippen molar-refractivity contribution >= 4 is 70.4 Å². The number of para-hydroxylation sites is 3. The van der Waals surface area contributed by atoms with Crippen LogP contribution in [0.4, 0.5) is 17.1 Å². The number of anilines is 3. The summed E-state index contributed by atoms with van der Waals surface area (Å²) in [5.41, 5.74) is 26.1. The summed E-state index contributed by atoms with van der Waals surface area (Å²) in [6.07, 6.45) is 0. The number of aromatic nitrogens is 1. The Kier molecular flexibility index (Phi) is 12.3. The molecule has 88 heavy (non-hydrogen) atoms. The maximum atomic E-state index is 2.46. The van der Waals surface area contributed by atoms with E-state index >= 15 is 0 Å². The van der Waals surface area contributed by atoms with Crippen LogP contribution in [0.1, 0.15) is 22.3 Å². The topological polar surface area (TPSA) is 8.17 Å². The summed E-state index contributed by atoms with van der Waals surface area (Å²) in [5, 5.41) is 5.03. The lowest BCUT2D eigenvalue weighted by molar-refractivity contribution is 0.769. The lowest BCUT2D eigenvalue weighted by atomic mass is 9.67. The fourth-order valence-corrected chi connectivity index (χ4v) is 15.5. The van der Waals surface area contributed by atoms with Gasteiger partial charge in [0.05, 0.1) is 16.4 Å². The SMILES string of the molecule is c1ccc(-c2ccc(N(c3ccccc3)c3ccc(-c4cccc5c6ccccc6n(-c6ccc(-c7ccc8sc9c(-c%10ccc(C%11(c%12ccc(-c%13ccccc%13)cc%12)c%12ccccc%12-c%12ccccc%12%11)cc%10)cccc9c8c7)cc6)c45)cc3)cc2)cc1. The Morgan fingerprint density at radius 3 is 1.32 bits per heavy atom. The molecule has 0 N–H and O–H groups in total. The standard InChI is InChI=1S/C85H56N2S/c1-4-18-57(19-5-1)59-34-45-65(46-35-59)85(79-31-13-10-24-73(79)74-25-11-14-32-80(74)85)66-47-36-63(37-48-66)72-28-17-30-77-78-56-64(44-55-82(78)88-84(72)77)61-40-51-70(52-41-61)87-81-33-15-12-26-75(81)76-29-16-27-71(83(76)87)62-42-53-69(54-43-62)86(67-22-8-3-9-23-67)68-49-38-60(39-50-68)58-20-6-2-7-21-58/h1-56H. The van der Waals surface area contributed by atoms with Gasteiger partial charge in [0.2, 0.25) is 0 Å². The highest BCUT2D eigenvalue weighted by molar-refractivity contribution is 7.26. The Morgan fingerprint density at radius 1 is 0.273 bits per heavy atom. The minimum atomic E-state index is -0.482. The van der Waals surface area contributed by atoms with Crippen molar-refractivity contribution in [3.8, 4) is 72.4 Å². The van der Waals surface area contributed by atoms with Crippen LogP contribution in [-0.2, 0) is 5.41 Å². The zero-order valence-electron chi connectivity index (χ0n) is 48.1. The van der Waals surface area contributed by atoms with Crippen LogP contribution in [0.3, 0.4) is 0 Å². The van der Waals surface area contributed by atoms with Gasteiger partial charge in [0.1, 0.15) is 0 Å². The Balaban J connectivity index is 0.699. The first-order valence-corrected chi connectivity index (χ1v) is 31.1. The Bertz CT molecular complexity index is 5210. The number of hydrogen-bond donors (Lipinski definition) is 0. The molecule has 0 atom stereocenters. The zero-order valence-corrected chi connectivity index (χ0v) is 49.0. The zero-order chi connectivity index (χ0) is 58.1. The largest absolute Gasteiger partial charge is 0.311 e. The van der Waals surface area contributed by atoms with Crippen LogP contribution in [-0.4, -0.2) is 4.57 Å². The molecule has 2 heterocycles. The number of thiophene rings is 1. The van der Waals surface area contributed by atoms with Gasteiger partial charge in [-0.2, -0.15) is 0 Å². The predicted octanol–water partition coefficient (Wildman–Crippen LogP) is 23.3. The minimum absolute atomic E-state index is 0.482. The fourth-order valence-electron chi connectivity index (χ4n) is 14.2. The molecule has 2 nitrogen and oxygen atoms in total. The van der Waals surface area contributed by atoms with Gasteiger partial charge in [-0.05, 0) is 150 Å². The third-order valence-corrected chi connectivity index (χ3v) is 19.6. The van der Waals surface area contributed by atoms with Crippen LogP contribution in [0.15, 0.2) is 340 Å². The van der Waals surface area contributed by atoms with E-state index in [1.165, 1.54) is 125 Å². The first kappa shape index (κ1) is 51.3. The van der Waals surface area contributed by atoms with Crippen LogP contribution in [0.25, 0.3) is 114 Å². The number of fused-ring (bicyclic) bond motifs is 9. The van der Waals surface area contributed by atoms with Gasteiger partial charge in [0.15, 0.2) is 0 Å². The summed E-state index contributed by atoms with van der Waals surface area (Å²) in [6, 6.07) is 125. The molecule has 0 bridgehead atoms. The van der Waals surface area contributed by atoms with Gasteiger partial charge in [-0.1, -0.05) is 273 Å². The van der Waals surface area contributed by atoms with Crippen molar-refractivity contribution in [1.82, 2.24) is 4.57 Å². The first-order valence-electron chi connectivity index (χ1n) is 30.3. The van der Waals surface area contributed by atoms with Crippen molar-refractivity contribution < 1.29 is 0 Å². The molecule has 2 aromatic heterocycles. The lowest BCUT2D eigenvalue weighted by Gasteiger charge is -2.34. The van der Waals surface area contributed by atoms with Crippen LogP contribution in [0.5, 0.6) is 0 Å². The molecule has 0 unspecified atom stereocenters. The van der Waals surface area contributed by atoms with E-state index < -0.39 is 5.41 Å². The average molecular weight is 1140 g/mol. The molecule has 0 saturated carbocycles.